The molecule has 0 fully saturated rings. The van der Waals surface area contributed by atoms with Crippen molar-refractivity contribution in [2.24, 2.45) is 0 Å². The number of halogens is 6. The van der Waals surface area contributed by atoms with Gasteiger partial charge in [0.05, 0.1) is 21.2 Å². The van der Waals surface area contributed by atoms with Crippen LogP contribution in [-0.4, -0.2) is 44.3 Å². The van der Waals surface area contributed by atoms with Crippen LogP contribution in [0, 0.1) is 6.92 Å². The first-order valence-electron chi connectivity index (χ1n) is 15.1. The summed E-state index contributed by atoms with van der Waals surface area (Å²) < 4.78 is 70.8. The van der Waals surface area contributed by atoms with E-state index in [0.717, 1.165) is 22.6 Å². The van der Waals surface area contributed by atoms with Crippen molar-refractivity contribution < 1.29 is 31.2 Å². The molecule has 1 unspecified atom stereocenters. The Balaban J connectivity index is 1.89. The zero-order valence-corrected chi connectivity index (χ0v) is 29.6. The molecule has 2 amide bonds. The maximum absolute atomic E-state index is 14.6. The molecule has 0 spiro atoms. The molecule has 260 valence electrons. The molecular formula is C35H33Cl3F3N3O4S. The summed E-state index contributed by atoms with van der Waals surface area (Å²) in [6.45, 7) is 2.58. The summed E-state index contributed by atoms with van der Waals surface area (Å²) >= 11 is 18.9. The van der Waals surface area contributed by atoms with Crippen molar-refractivity contribution in [2.75, 3.05) is 17.4 Å². The molecule has 0 saturated carbocycles. The fraction of sp³-hybridized carbons (Fsp3) is 0.257. The van der Waals surface area contributed by atoms with E-state index >= 15 is 0 Å². The molecule has 4 aromatic carbocycles. The molecule has 0 aromatic heterocycles. The van der Waals surface area contributed by atoms with Crippen molar-refractivity contribution in [3.05, 3.63) is 128 Å². The van der Waals surface area contributed by atoms with Crippen molar-refractivity contribution in [3.63, 3.8) is 0 Å². The van der Waals surface area contributed by atoms with E-state index in [9.17, 15) is 31.2 Å². The summed E-state index contributed by atoms with van der Waals surface area (Å²) in [6, 6.07) is 20.6. The molecule has 0 radical (unpaired) electrons. The highest BCUT2D eigenvalue weighted by atomic mass is 35.5. The first kappa shape index (κ1) is 38.0. The minimum absolute atomic E-state index is 0.0219. The van der Waals surface area contributed by atoms with Crippen molar-refractivity contribution >= 4 is 62.3 Å². The Morgan fingerprint density at radius 3 is 2.08 bits per heavy atom. The average Bonchev–Trinajstić information content (AvgIpc) is 3.05. The smallest absolute Gasteiger partial charge is 0.354 e. The van der Waals surface area contributed by atoms with Gasteiger partial charge in [-0.3, -0.25) is 13.9 Å². The Bertz CT molecular complexity index is 1870. The predicted octanol–water partition coefficient (Wildman–Crippen LogP) is 8.34. The number of rotatable bonds is 13. The Hall–Kier alpha value is -3.77. The van der Waals surface area contributed by atoms with E-state index in [1.165, 1.54) is 24.3 Å². The van der Waals surface area contributed by atoms with E-state index in [0.29, 0.717) is 27.9 Å². The standard InChI is InChI=1S/C35H33Cl3F3N3O4S/c1-3-18-42-34(46)32(19-24-8-5-4-6-9-24)43(21-27-29(36)10-7-11-30(27)37)33(45)22-44(49(47,48)26-15-12-23(2)13-16-26)25-14-17-31(38)28(20-25)35(39,40)41/h4-17,20,32H,3,18-19,21-22H2,1-2H3,(H,42,46). The zero-order chi connectivity index (χ0) is 35.9. The van der Waals surface area contributed by atoms with E-state index in [1.807, 2.05) is 6.92 Å². The maximum atomic E-state index is 14.6. The number of benzene rings is 4. The van der Waals surface area contributed by atoms with Gasteiger partial charge in [-0.25, -0.2) is 8.42 Å². The van der Waals surface area contributed by atoms with Gasteiger partial charge < -0.3 is 10.2 Å². The summed E-state index contributed by atoms with van der Waals surface area (Å²) in [6.07, 6.45) is -4.32. The van der Waals surface area contributed by atoms with Crippen LogP contribution in [0.2, 0.25) is 15.1 Å². The highest BCUT2D eigenvalue weighted by Gasteiger charge is 2.38. The number of sulfonamides is 1. The number of carbonyl (C=O) groups is 2. The first-order chi connectivity index (χ1) is 23.1. The summed E-state index contributed by atoms with van der Waals surface area (Å²) in [7, 11) is -4.66. The number of carbonyl (C=O) groups excluding carboxylic acids is 2. The van der Waals surface area contributed by atoms with Crippen LogP contribution < -0.4 is 9.62 Å². The van der Waals surface area contributed by atoms with Crippen LogP contribution in [0.1, 0.15) is 35.6 Å². The maximum Gasteiger partial charge on any atom is 0.417 e. The number of hydrogen-bond acceptors (Lipinski definition) is 4. The second kappa shape index (κ2) is 16.3. The number of aryl methyl sites for hydroxylation is 1. The number of anilines is 1. The van der Waals surface area contributed by atoms with Crippen LogP contribution in [0.4, 0.5) is 18.9 Å². The van der Waals surface area contributed by atoms with Gasteiger partial charge in [-0.15, -0.1) is 0 Å². The van der Waals surface area contributed by atoms with Gasteiger partial charge in [0.15, 0.2) is 0 Å². The lowest BCUT2D eigenvalue weighted by Crippen LogP contribution is -2.53. The third kappa shape index (κ3) is 9.48. The third-order valence-corrected chi connectivity index (χ3v) is 10.5. The number of alkyl halides is 3. The lowest BCUT2D eigenvalue weighted by atomic mass is 10.0. The molecule has 7 nitrogen and oxygen atoms in total. The lowest BCUT2D eigenvalue weighted by molar-refractivity contribution is -0.140. The van der Waals surface area contributed by atoms with E-state index in [-0.39, 0.29) is 34.5 Å². The van der Waals surface area contributed by atoms with Crippen LogP contribution >= 0.6 is 34.8 Å². The highest BCUT2D eigenvalue weighted by molar-refractivity contribution is 7.92. The second-order valence-electron chi connectivity index (χ2n) is 11.2. The van der Waals surface area contributed by atoms with E-state index in [1.54, 1.807) is 55.5 Å². The van der Waals surface area contributed by atoms with Crippen LogP contribution in [0.5, 0.6) is 0 Å². The summed E-state index contributed by atoms with van der Waals surface area (Å²) in [5, 5.41) is 2.54. The molecule has 0 bridgehead atoms. The van der Waals surface area contributed by atoms with E-state index in [2.05, 4.69) is 5.32 Å². The molecular weight excluding hydrogens is 722 g/mol. The van der Waals surface area contributed by atoms with Crippen molar-refractivity contribution in [2.45, 2.75) is 50.3 Å². The number of amides is 2. The van der Waals surface area contributed by atoms with Gasteiger partial charge in [0.25, 0.3) is 10.0 Å². The summed E-state index contributed by atoms with van der Waals surface area (Å²) in [4.78, 5) is 29.2. The SMILES string of the molecule is CCCNC(=O)C(Cc1ccccc1)N(Cc1c(Cl)cccc1Cl)C(=O)CN(c1ccc(Cl)c(C(F)(F)F)c1)S(=O)(=O)c1ccc(C)cc1. The quantitative estimate of drug-likeness (QED) is 0.149. The number of nitrogens with zero attached hydrogens (tertiary/aromatic N) is 2. The summed E-state index contributed by atoms with van der Waals surface area (Å²) in [5.74, 6) is -1.43. The Labute approximate surface area is 298 Å². The summed E-state index contributed by atoms with van der Waals surface area (Å²) in [5.41, 5.74) is -0.0319. The fourth-order valence-electron chi connectivity index (χ4n) is 5.03. The topological polar surface area (TPSA) is 86.8 Å². The van der Waals surface area contributed by atoms with Gasteiger partial charge in [0.1, 0.15) is 12.6 Å². The molecule has 14 heteroatoms. The molecule has 1 N–H and O–H groups in total. The second-order valence-corrected chi connectivity index (χ2v) is 14.3. The molecule has 0 saturated heterocycles. The number of nitrogens with one attached hydrogen (secondary N) is 1. The molecule has 4 rings (SSSR count). The molecule has 4 aromatic rings. The van der Waals surface area contributed by atoms with Crippen molar-refractivity contribution in [1.82, 2.24) is 10.2 Å². The lowest BCUT2D eigenvalue weighted by Gasteiger charge is -2.34. The van der Waals surface area contributed by atoms with Gasteiger partial charge in [0, 0.05) is 35.1 Å². The monoisotopic (exact) mass is 753 g/mol. The first-order valence-corrected chi connectivity index (χ1v) is 17.7. The normalized spacial score (nSPS) is 12.3. The minimum Gasteiger partial charge on any atom is -0.354 e. The van der Waals surface area contributed by atoms with Gasteiger partial charge in [-0.1, -0.05) is 95.8 Å². The molecule has 0 aliphatic heterocycles. The van der Waals surface area contributed by atoms with Crippen LogP contribution in [-0.2, 0) is 38.8 Å². The predicted molar refractivity (Wildman–Crippen MR) is 186 cm³/mol. The van der Waals surface area contributed by atoms with Gasteiger partial charge >= 0.3 is 6.18 Å². The molecule has 1 atom stereocenters. The zero-order valence-electron chi connectivity index (χ0n) is 26.5. The Morgan fingerprint density at radius 1 is 0.857 bits per heavy atom. The van der Waals surface area contributed by atoms with Crippen LogP contribution in [0.15, 0.2) is 95.9 Å². The minimum atomic E-state index is -4.93. The fourth-order valence-corrected chi connectivity index (χ4v) is 7.17. The van der Waals surface area contributed by atoms with Gasteiger partial charge in [0.2, 0.25) is 11.8 Å². The van der Waals surface area contributed by atoms with Gasteiger partial charge in [-0.2, -0.15) is 13.2 Å². The van der Waals surface area contributed by atoms with Crippen molar-refractivity contribution in [1.29, 1.82) is 0 Å². The number of hydrogen-bond donors (Lipinski definition) is 1. The average molecular weight is 755 g/mol. The van der Waals surface area contributed by atoms with E-state index in [4.69, 9.17) is 34.8 Å². The molecule has 0 heterocycles. The molecule has 0 aliphatic carbocycles. The largest absolute Gasteiger partial charge is 0.417 e. The van der Waals surface area contributed by atoms with Crippen LogP contribution in [0.25, 0.3) is 0 Å². The molecule has 0 aliphatic rings. The Morgan fingerprint density at radius 2 is 1.49 bits per heavy atom. The van der Waals surface area contributed by atoms with Crippen molar-refractivity contribution in [3.8, 4) is 0 Å². The van der Waals surface area contributed by atoms with E-state index < -0.39 is 56.9 Å². The van der Waals surface area contributed by atoms with Gasteiger partial charge in [-0.05, 0) is 61.4 Å². The molecule has 49 heavy (non-hydrogen) atoms. The van der Waals surface area contributed by atoms with Crippen LogP contribution in [0.3, 0.4) is 0 Å². The Kier molecular flexibility index (Phi) is 12.6. The third-order valence-electron chi connectivity index (χ3n) is 7.64. The highest BCUT2D eigenvalue weighted by Crippen LogP contribution is 2.38.